The molecule has 1 N–H and O–H groups in total. The molecular formula is C24H36N2O4Si. The number of nitrogens with zero attached hydrogens (tertiary/aromatic N) is 1. The van der Waals surface area contributed by atoms with Gasteiger partial charge in [-0.1, -0.05) is 53.7 Å². The monoisotopic (exact) mass is 444 g/mol. The Kier molecular flexibility index (Phi) is 5.57. The van der Waals surface area contributed by atoms with Crippen LogP contribution in [-0.4, -0.2) is 30.8 Å². The molecular weight excluding hydrogens is 408 g/mol. The fraction of sp³-hybridized carbons (Fsp3) is 0.708. The van der Waals surface area contributed by atoms with Crippen LogP contribution in [0.1, 0.15) is 72.3 Å². The average molecular weight is 445 g/mol. The molecule has 4 bridgehead atoms. The van der Waals surface area contributed by atoms with Gasteiger partial charge in [0.15, 0.2) is 0 Å². The van der Waals surface area contributed by atoms with Crippen molar-refractivity contribution in [2.45, 2.75) is 95.0 Å². The predicted octanol–water partition coefficient (Wildman–Crippen LogP) is 5.54. The van der Waals surface area contributed by atoms with E-state index in [9.17, 15) is 14.9 Å². The van der Waals surface area contributed by atoms with Crippen molar-refractivity contribution in [3.05, 3.63) is 39.9 Å². The van der Waals surface area contributed by atoms with Gasteiger partial charge in [-0.2, -0.15) is 0 Å². The van der Waals surface area contributed by atoms with Crippen molar-refractivity contribution in [1.29, 1.82) is 0 Å². The molecule has 4 fully saturated rings. The fourth-order valence-corrected chi connectivity index (χ4v) is 13.2. The maximum Gasteiger partial charge on any atom is 0.269 e. The summed E-state index contributed by atoms with van der Waals surface area (Å²) in [7, 11) is -2.17. The molecule has 5 atom stereocenters. The number of benzene rings is 1. The number of hydrogen-bond acceptors (Lipinski definition) is 4. The van der Waals surface area contributed by atoms with Crippen LogP contribution in [0.15, 0.2) is 24.3 Å². The highest BCUT2D eigenvalue weighted by Crippen LogP contribution is 2.67. The Balaban J connectivity index is 1.76. The van der Waals surface area contributed by atoms with Crippen LogP contribution in [0, 0.1) is 22.0 Å². The first-order valence-corrected chi connectivity index (χ1v) is 13.9. The SMILES string of the molecule is CC(C)[Si](O[C@@]12CCC[C@H]3NC(=O)[C@@H]1[C@@H](c1ccc([N+](=O)[O-])cc1)[C@H]32)(C(C)C)C(C)C. The van der Waals surface area contributed by atoms with Gasteiger partial charge in [0.1, 0.15) is 0 Å². The number of nitro groups is 1. The van der Waals surface area contributed by atoms with Gasteiger partial charge in [0.2, 0.25) is 14.2 Å². The van der Waals surface area contributed by atoms with Gasteiger partial charge in [-0.15, -0.1) is 0 Å². The molecule has 1 aromatic rings. The van der Waals surface area contributed by atoms with Gasteiger partial charge >= 0.3 is 0 Å². The van der Waals surface area contributed by atoms with Crippen molar-refractivity contribution >= 4 is 19.9 Å². The molecule has 0 radical (unpaired) electrons. The molecule has 7 heteroatoms. The second-order valence-corrected chi connectivity index (χ2v) is 16.1. The molecule has 4 aliphatic rings. The van der Waals surface area contributed by atoms with Crippen LogP contribution in [0.3, 0.4) is 0 Å². The molecule has 170 valence electrons. The minimum atomic E-state index is -2.17. The Hall–Kier alpha value is -1.73. The van der Waals surface area contributed by atoms with Crippen molar-refractivity contribution in [2.75, 3.05) is 0 Å². The Morgan fingerprint density at radius 2 is 1.68 bits per heavy atom. The van der Waals surface area contributed by atoms with Gasteiger partial charge in [-0.25, -0.2) is 0 Å². The predicted molar refractivity (Wildman–Crippen MR) is 123 cm³/mol. The number of piperidine rings is 2. The van der Waals surface area contributed by atoms with Crippen LogP contribution >= 0.6 is 0 Å². The first-order valence-electron chi connectivity index (χ1n) is 11.8. The summed E-state index contributed by atoms with van der Waals surface area (Å²) in [4.78, 5) is 24.0. The van der Waals surface area contributed by atoms with Crippen LogP contribution in [0.25, 0.3) is 0 Å². The van der Waals surface area contributed by atoms with Crippen molar-refractivity contribution in [2.24, 2.45) is 11.8 Å². The lowest BCUT2D eigenvalue weighted by Gasteiger charge is -2.70. The van der Waals surface area contributed by atoms with Crippen LogP contribution in [-0.2, 0) is 9.22 Å². The van der Waals surface area contributed by atoms with E-state index in [0.717, 1.165) is 24.8 Å². The van der Waals surface area contributed by atoms with Gasteiger partial charge in [0, 0.05) is 30.0 Å². The summed E-state index contributed by atoms with van der Waals surface area (Å²) in [6.07, 6.45) is 3.00. The van der Waals surface area contributed by atoms with Crippen LogP contribution in [0.2, 0.25) is 16.6 Å². The number of nitrogens with one attached hydrogen (secondary N) is 1. The molecule has 2 aliphatic carbocycles. The minimum absolute atomic E-state index is 0.0815. The highest BCUT2D eigenvalue weighted by Gasteiger charge is 2.73. The van der Waals surface area contributed by atoms with Gasteiger partial charge in [0.25, 0.3) is 5.69 Å². The van der Waals surface area contributed by atoms with Gasteiger partial charge in [0.05, 0.1) is 16.4 Å². The Bertz CT molecular complexity index is 847. The third-order valence-corrected chi connectivity index (χ3v) is 14.7. The van der Waals surface area contributed by atoms with E-state index in [1.54, 1.807) is 12.1 Å². The van der Waals surface area contributed by atoms with Crippen LogP contribution in [0.4, 0.5) is 5.69 Å². The first-order chi connectivity index (χ1) is 14.6. The Morgan fingerprint density at radius 1 is 1.10 bits per heavy atom. The number of carbonyl (C=O) groups excluding carboxylic acids is 1. The second kappa shape index (κ2) is 7.69. The quantitative estimate of drug-likeness (QED) is 0.340. The largest absolute Gasteiger partial charge is 0.409 e. The van der Waals surface area contributed by atoms with Gasteiger partial charge in [-0.3, -0.25) is 14.9 Å². The number of hydrogen-bond donors (Lipinski definition) is 1. The zero-order valence-electron chi connectivity index (χ0n) is 19.6. The Labute approximate surface area is 186 Å². The van der Waals surface area contributed by atoms with Gasteiger partial charge in [-0.05, 0) is 41.4 Å². The molecule has 0 spiro atoms. The standard InChI is InChI=1S/C24H36N2O4Si/c1-14(2)31(15(3)4,16(5)6)30-24-13-7-8-19-21(24)20(22(24)23(27)25-19)17-9-11-18(12-10-17)26(28)29/h9-12,14-16,19-22H,7-8,13H2,1-6H3,(H,25,27)/t19-,20+,21+,22+,24-/m1/s1. The van der Waals surface area contributed by atoms with E-state index in [-0.39, 0.29) is 45.9 Å². The molecule has 0 aromatic heterocycles. The number of non-ortho nitro benzene ring substituents is 1. The summed E-state index contributed by atoms with van der Waals surface area (Å²) in [5.41, 5.74) is 2.13. The lowest BCUT2D eigenvalue weighted by Crippen LogP contribution is -2.80. The summed E-state index contributed by atoms with van der Waals surface area (Å²) in [6, 6.07) is 6.97. The molecule has 31 heavy (non-hydrogen) atoms. The summed E-state index contributed by atoms with van der Waals surface area (Å²) in [5, 5.41) is 14.4. The summed E-state index contributed by atoms with van der Waals surface area (Å²) in [6.45, 7) is 13.8. The molecule has 5 rings (SSSR count). The molecule has 1 amide bonds. The van der Waals surface area contributed by atoms with Crippen molar-refractivity contribution in [3.63, 3.8) is 0 Å². The van der Waals surface area contributed by atoms with Crippen molar-refractivity contribution < 1.29 is 14.1 Å². The number of carbonyl (C=O) groups is 1. The zero-order chi connectivity index (χ0) is 22.7. The van der Waals surface area contributed by atoms with E-state index in [2.05, 4.69) is 46.9 Å². The van der Waals surface area contributed by atoms with E-state index in [1.165, 1.54) is 0 Å². The third kappa shape index (κ3) is 3.10. The smallest absolute Gasteiger partial charge is 0.269 e. The van der Waals surface area contributed by atoms with E-state index in [4.69, 9.17) is 4.43 Å². The zero-order valence-corrected chi connectivity index (χ0v) is 20.6. The van der Waals surface area contributed by atoms with E-state index in [0.29, 0.717) is 16.6 Å². The number of amides is 1. The van der Waals surface area contributed by atoms with E-state index < -0.39 is 8.32 Å². The summed E-state index contributed by atoms with van der Waals surface area (Å²) >= 11 is 0. The first kappa shape index (κ1) is 22.5. The molecule has 2 saturated heterocycles. The molecule has 6 nitrogen and oxygen atoms in total. The molecule has 0 unspecified atom stereocenters. The number of fused-ring (bicyclic) bond motifs is 1. The fourth-order valence-electron chi connectivity index (χ4n) is 7.50. The minimum Gasteiger partial charge on any atom is -0.409 e. The molecule has 2 heterocycles. The van der Waals surface area contributed by atoms with Crippen LogP contribution in [0.5, 0.6) is 0 Å². The third-order valence-electron chi connectivity index (χ3n) is 8.53. The summed E-state index contributed by atoms with van der Waals surface area (Å²) in [5.74, 6) is 0.222. The number of nitro benzene ring substituents is 1. The molecule has 2 saturated carbocycles. The topological polar surface area (TPSA) is 81.5 Å². The van der Waals surface area contributed by atoms with E-state index >= 15 is 0 Å². The highest BCUT2D eigenvalue weighted by atomic mass is 28.4. The lowest BCUT2D eigenvalue weighted by molar-refractivity contribution is -0.384. The average Bonchev–Trinajstić information content (AvgIpc) is 2.67. The van der Waals surface area contributed by atoms with Crippen LogP contribution < -0.4 is 5.32 Å². The van der Waals surface area contributed by atoms with E-state index in [1.807, 2.05) is 12.1 Å². The second-order valence-electron chi connectivity index (χ2n) is 10.8. The highest BCUT2D eigenvalue weighted by molar-refractivity contribution is 6.77. The maximum atomic E-state index is 13.3. The number of rotatable bonds is 7. The normalized spacial score (nSPS) is 32.2. The molecule has 2 aliphatic heterocycles. The molecule has 1 aromatic carbocycles. The Morgan fingerprint density at radius 3 is 2.19 bits per heavy atom. The maximum absolute atomic E-state index is 13.3. The van der Waals surface area contributed by atoms with Gasteiger partial charge < -0.3 is 9.74 Å². The lowest BCUT2D eigenvalue weighted by atomic mass is 9.43. The van der Waals surface area contributed by atoms with Crippen molar-refractivity contribution in [1.82, 2.24) is 5.32 Å². The van der Waals surface area contributed by atoms with Crippen molar-refractivity contribution in [3.8, 4) is 0 Å². The summed E-state index contributed by atoms with van der Waals surface area (Å²) < 4.78 is 7.44.